The lowest BCUT2D eigenvalue weighted by molar-refractivity contribution is -0.163. The van der Waals surface area contributed by atoms with Crippen molar-refractivity contribution in [3.8, 4) is 17.2 Å². The number of ether oxygens (including phenoxy) is 3. The van der Waals surface area contributed by atoms with Gasteiger partial charge in [0, 0.05) is 59.0 Å². The highest BCUT2D eigenvalue weighted by atomic mass is 16.6. The third-order valence-corrected chi connectivity index (χ3v) is 18.6. The highest BCUT2D eigenvalue weighted by molar-refractivity contribution is 6.11. The number of hydrogen-bond acceptors (Lipinski definition) is 20. The topological polar surface area (TPSA) is 391 Å². The fraction of sp³-hybridized carbons (Fsp3) is 0.631. The Labute approximate surface area is 551 Å². The monoisotopic (exact) mass is 1330 g/mol. The van der Waals surface area contributed by atoms with Crippen molar-refractivity contribution >= 4 is 87.8 Å². The van der Waals surface area contributed by atoms with E-state index in [1.165, 1.54) is 74.6 Å². The number of esters is 2. The Bertz CT molecular complexity index is 3600. The van der Waals surface area contributed by atoms with Crippen molar-refractivity contribution in [2.24, 2.45) is 23.7 Å². The zero-order chi connectivity index (χ0) is 70.3. The molecule has 95 heavy (non-hydrogen) atoms. The number of nitrogen functional groups attached to an aromatic ring is 1. The summed E-state index contributed by atoms with van der Waals surface area (Å²) in [5.74, 6) is -12.6. The number of anilines is 1. The van der Waals surface area contributed by atoms with Gasteiger partial charge in [-0.1, -0.05) is 55.4 Å². The molecule has 1 unspecified atom stereocenters. The first kappa shape index (κ1) is 71.9. The number of carbonyl (C=O) groups is 12. The number of amides is 10. The van der Waals surface area contributed by atoms with Crippen molar-refractivity contribution < 1.29 is 76.2 Å². The largest absolute Gasteiger partial charge is 0.491 e. The summed E-state index contributed by atoms with van der Waals surface area (Å²) in [6.07, 6.45) is -1.75. The maximum absolute atomic E-state index is 15.5. The van der Waals surface area contributed by atoms with E-state index in [1.807, 2.05) is 0 Å². The number of nitrogens with zero attached hydrogens (tertiary/aromatic N) is 7. The Morgan fingerprint density at radius 2 is 1.09 bits per heavy atom. The van der Waals surface area contributed by atoms with Crippen LogP contribution in [0.4, 0.5) is 5.69 Å². The minimum atomic E-state index is -1.91. The fourth-order valence-electron chi connectivity index (χ4n) is 12.9. The average Bonchev–Trinajstić information content (AvgIpc) is 1.46. The van der Waals surface area contributed by atoms with Gasteiger partial charge in [0.25, 0.3) is 11.8 Å². The van der Waals surface area contributed by atoms with Crippen LogP contribution in [0.25, 0.3) is 22.6 Å². The Morgan fingerprint density at radius 3 is 1.52 bits per heavy atom. The molecule has 1 aromatic carbocycles. The normalized spacial score (nSPS) is 26.8. The van der Waals surface area contributed by atoms with Gasteiger partial charge >= 0.3 is 11.9 Å². The summed E-state index contributed by atoms with van der Waals surface area (Å²) in [5.41, 5.74) is 3.21. The molecular weight excluding hydrogens is 1230 g/mol. The first-order valence-electron chi connectivity index (χ1n) is 32.4. The summed E-state index contributed by atoms with van der Waals surface area (Å²) >= 11 is 0. The molecule has 5 fully saturated rings. The van der Waals surface area contributed by atoms with Gasteiger partial charge in [0.1, 0.15) is 84.1 Å². The van der Waals surface area contributed by atoms with E-state index in [0.29, 0.717) is 19.4 Å². The van der Waals surface area contributed by atoms with Crippen LogP contribution < -0.4 is 42.5 Å². The van der Waals surface area contributed by atoms with Crippen LogP contribution in [0, 0.1) is 37.5 Å². The number of likely N-dealkylation sites (N-methyl/N-ethyl adjacent to an activating group) is 4. The predicted octanol–water partition coefficient (Wildman–Crippen LogP) is 0.0762. The maximum Gasteiger partial charge on any atom is 0.329 e. The number of hydrogen-bond donors (Lipinski definition) is 6. The Hall–Kier alpha value is -8.96. The molecule has 518 valence electrons. The molecular formula is C65H91N13O17. The number of aromatic nitrogens is 1. The Balaban J connectivity index is 1.25. The van der Waals surface area contributed by atoms with Gasteiger partial charge in [0.15, 0.2) is 11.3 Å². The minimum absolute atomic E-state index is 0.0714. The summed E-state index contributed by atoms with van der Waals surface area (Å²) in [7, 11) is 5.58. The van der Waals surface area contributed by atoms with Crippen molar-refractivity contribution in [2.75, 3.05) is 73.3 Å². The van der Waals surface area contributed by atoms with Crippen LogP contribution in [0.1, 0.15) is 127 Å². The number of cyclic esters (lactones) is 2. The summed E-state index contributed by atoms with van der Waals surface area (Å²) < 4.78 is 24.8. The third kappa shape index (κ3) is 14.8. The molecule has 1 aromatic rings. The molecule has 0 aromatic heterocycles. The molecule has 0 saturated carbocycles. The molecule has 7 aliphatic rings. The summed E-state index contributed by atoms with van der Waals surface area (Å²) in [6, 6.07) is -9.66. The number of fused-ring (bicyclic) bond motifs is 4. The fourth-order valence-corrected chi connectivity index (χ4v) is 12.9. The lowest BCUT2D eigenvalue weighted by atomic mass is 9.98. The van der Waals surface area contributed by atoms with E-state index in [0.717, 1.165) is 9.80 Å². The number of carbonyl (C=O) groups excluding carboxylic acids is 12. The van der Waals surface area contributed by atoms with Crippen molar-refractivity contribution in [1.29, 1.82) is 0 Å². The zero-order valence-corrected chi connectivity index (χ0v) is 57.0. The second-order valence-corrected chi connectivity index (χ2v) is 27.1. The second-order valence-electron chi connectivity index (χ2n) is 27.1. The van der Waals surface area contributed by atoms with E-state index < -0.39 is 191 Å². The van der Waals surface area contributed by atoms with Gasteiger partial charge in [0.05, 0.1) is 35.9 Å². The molecule has 8 rings (SSSR count). The Kier molecular flexibility index (Phi) is 21.9. The quantitative estimate of drug-likeness (QED) is 0.0640. The minimum Gasteiger partial charge on any atom is -0.491 e. The highest BCUT2D eigenvalue weighted by Gasteiger charge is 2.47. The van der Waals surface area contributed by atoms with E-state index in [4.69, 9.17) is 29.3 Å². The summed E-state index contributed by atoms with van der Waals surface area (Å²) in [4.78, 5) is 201. The molecule has 30 heteroatoms. The van der Waals surface area contributed by atoms with E-state index in [9.17, 15) is 43.2 Å². The molecule has 10 amide bonds. The van der Waals surface area contributed by atoms with E-state index in [-0.39, 0.29) is 77.9 Å². The SMILES string of the molecule is Cc1c2oc3c(C)c(OCC4CN4)cc(C(=O)N[C@@H]4C(=O)N[C@H](C(C)C)C(=O)N5CCC[C@H]5C(=O)N(C)CC(=O)N(C)[C@@H](C(C)C)C(=O)O[C@@H]4C)c3nc-2c(C(=O)N[C@@H]2C(=O)N[C@H](C(C)C)C(=O)N3CCC[C@H]3C(=O)N(C)CC(=O)N(C)[C@@H](C(C)C)C(=O)O[C@@H]2C)c(N)c1=O. The number of nitrogens with one attached hydrogen (secondary N) is 5. The zero-order valence-electron chi connectivity index (χ0n) is 57.0. The molecule has 0 spiro atoms. The van der Waals surface area contributed by atoms with Crippen LogP contribution in [0.15, 0.2) is 15.3 Å². The van der Waals surface area contributed by atoms with E-state index in [1.54, 1.807) is 62.3 Å². The van der Waals surface area contributed by atoms with Gasteiger partial charge in [0.2, 0.25) is 52.7 Å². The number of aryl methyl sites for hydroxylation is 1. The molecule has 6 aliphatic heterocycles. The van der Waals surface area contributed by atoms with Crippen LogP contribution in [0.3, 0.4) is 0 Å². The van der Waals surface area contributed by atoms with Gasteiger partial charge in [-0.3, -0.25) is 52.7 Å². The number of nitrogens with two attached hydrogens (primary N) is 1. The van der Waals surface area contributed by atoms with Crippen LogP contribution in [-0.4, -0.2) is 239 Å². The van der Waals surface area contributed by atoms with Gasteiger partial charge < -0.3 is 80.3 Å². The van der Waals surface area contributed by atoms with Gasteiger partial charge in [-0.15, -0.1) is 0 Å². The standard InChI is InChI=1S/C65H91N13O17/c1-28(2)45-62(88)77-21-17-19-38(77)60(86)73(13)25-41(79)75(15)51(30(5)6)64(90)93-34(11)47(58(84)69-45)71-56(82)37-23-40(92-27-36-24-67-36)32(9)54-49(37)68-50-43(44(66)53(81)33(10)55(50)95-54)57(83)72-48-35(12)94-65(91)52(31(7)8)76(16)42(80)26-74(14)61(87)39-20-18-22-78(39)63(89)46(29(3)4)70-59(48)85/h23,28-31,34-36,38-39,45-48,51-52,67H,17-22,24-27,66H2,1-16H3,(H,69,84)(H,70,85)(H,71,82)(H,72,83)/t34-,35-,36?,38+,39+,45-,46-,47+,48+,51+,52+/m1/s1. The van der Waals surface area contributed by atoms with Crippen molar-refractivity contribution in [1.82, 2.24) is 61.0 Å². The molecule has 0 radical (unpaired) electrons. The molecule has 11 atom stereocenters. The highest BCUT2D eigenvalue weighted by Crippen LogP contribution is 2.38. The first-order valence-corrected chi connectivity index (χ1v) is 32.4. The Morgan fingerprint density at radius 1 is 0.653 bits per heavy atom. The van der Waals surface area contributed by atoms with Gasteiger partial charge in [-0.2, -0.15) is 0 Å². The van der Waals surface area contributed by atoms with Crippen molar-refractivity contribution in [3.63, 3.8) is 0 Å². The third-order valence-electron chi connectivity index (χ3n) is 18.6. The average molecular weight is 1330 g/mol. The maximum atomic E-state index is 15.5. The summed E-state index contributed by atoms with van der Waals surface area (Å²) in [5, 5.41) is 13.9. The van der Waals surface area contributed by atoms with Crippen LogP contribution in [-0.2, 0) is 57.4 Å². The van der Waals surface area contributed by atoms with Gasteiger partial charge in [-0.25, -0.2) is 14.6 Å². The van der Waals surface area contributed by atoms with E-state index in [2.05, 4.69) is 26.6 Å². The molecule has 5 saturated heterocycles. The lowest BCUT2D eigenvalue weighted by Crippen LogP contribution is -2.61. The summed E-state index contributed by atoms with van der Waals surface area (Å²) in [6.45, 7) is 19.0. The lowest BCUT2D eigenvalue weighted by Gasteiger charge is -2.36. The van der Waals surface area contributed by atoms with Gasteiger partial charge in [-0.05, 0) is 83.1 Å². The predicted molar refractivity (Wildman–Crippen MR) is 343 cm³/mol. The molecule has 7 N–H and O–H groups in total. The van der Waals surface area contributed by atoms with Crippen molar-refractivity contribution in [3.05, 3.63) is 38.5 Å². The molecule has 0 bridgehead atoms. The second kappa shape index (κ2) is 28.9. The number of rotatable bonds is 11. The van der Waals surface area contributed by atoms with Crippen molar-refractivity contribution in [2.45, 2.75) is 175 Å². The smallest absolute Gasteiger partial charge is 0.329 e. The number of benzene rings is 2. The molecule has 6 heterocycles. The van der Waals surface area contributed by atoms with Crippen LogP contribution in [0.5, 0.6) is 5.75 Å². The molecule has 1 aliphatic carbocycles. The van der Waals surface area contributed by atoms with Crippen LogP contribution >= 0.6 is 0 Å². The van der Waals surface area contributed by atoms with E-state index >= 15 is 19.2 Å². The first-order chi connectivity index (χ1) is 44.6. The van der Waals surface area contributed by atoms with Crippen LogP contribution in [0.2, 0.25) is 0 Å². The molecule has 30 nitrogen and oxygen atoms in total.